The number of aliphatic hydroxyl groups excluding tert-OH is 1. The molecule has 0 bridgehead atoms. The molecule has 0 aliphatic carbocycles. The minimum Gasteiger partial charge on any atom is -0.394 e. The monoisotopic (exact) mass is 354 g/mol. The molecule has 0 amide bonds. The van der Waals surface area contributed by atoms with Gasteiger partial charge in [-0.15, -0.1) is 0 Å². The van der Waals surface area contributed by atoms with E-state index >= 15 is 0 Å². The van der Waals surface area contributed by atoms with Crippen molar-refractivity contribution in [1.29, 1.82) is 0 Å². The Morgan fingerprint density at radius 1 is 1.33 bits per heavy atom. The van der Waals surface area contributed by atoms with Gasteiger partial charge in [0.25, 0.3) is 0 Å². The highest BCUT2D eigenvalue weighted by Gasteiger charge is 2.38. The summed E-state index contributed by atoms with van der Waals surface area (Å²) in [6, 6.07) is 4.37. The third kappa shape index (κ3) is 3.06. The van der Waals surface area contributed by atoms with Crippen LogP contribution >= 0.6 is 0 Å². The number of sulfonamides is 1. The van der Waals surface area contributed by atoms with E-state index in [4.69, 9.17) is 0 Å². The van der Waals surface area contributed by atoms with Gasteiger partial charge in [0.15, 0.2) is 0 Å². The van der Waals surface area contributed by atoms with Crippen LogP contribution in [0, 0.1) is 12.7 Å². The lowest BCUT2D eigenvalue weighted by Crippen LogP contribution is -2.32. The molecule has 1 fully saturated rings. The minimum atomic E-state index is -3.75. The predicted molar refractivity (Wildman–Crippen MR) is 84.1 cm³/mol. The number of aliphatic hydroxyl groups is 1. The summed E-state index contributed by atoms with van der Waals surface area (Å²) in [5.41, 5.74) is 0. The maximum absolute atomic E-state index is 13.1. The molecule has 0 spiro atoms. The summed E-state index contributed by atoms with van der Waals surface area (Å²) in [5, 5.41) is 13.4. The Morgan fingerprint density at radius 2 is 2.04 bits per heavy atom. The van der Waals surface area contributed by atoms with Gasteiger partial charge in [-0.25, -0.2) is 22.5 Å². The van der Waals surface area contributed by atoms with E-state index in [1.165, 1.54) is 16.4 Å². The Hall–Kier alpha value is -1.84. The molecule has 130 valence electrons. The van der Waals surface area contributed by atoms with Gasteiger partial charge in [0.1, 0.15) is 17.5 Å². The van der Waals surface area contributed by atoms with E-state index in [1.807, 2.05) is 0 Å². The third-order valence-corrected chi connectivity index (χ3v) is 5.96. The smallest absolute Gasteiger partial charge is 0.243 e. The molecule has 1 aromatic carbocycles. The van der Waals surface area contributed by atoms with Crippen molar-refractivity contribution in [1.82, 2.24) is 19.1 Å². The zero-order chi connectivity index (χ0) is 17.3. The van der Waals surface area contributed by atoms with Crippen molar-refractivity contribution in [3.8, 4) is 0 Å². The van der Waals surface area contributed by atoms with E-state index in [9.17, 15) is 17.9 Å². The molecule has 7 nitrogen and oxygen atoms in total. The molecule has 0 saturated carbocycles. The van der Waals surface area contributed by atoms with Gasteiger partial charge in [-0.2, -0.15) is 9.40 Å². The Bertz CT molecular complexity index is 820. The van der Waals surface area contributed by atoms with Crippen LogP contribution in [0.25, 0.3) is 0 Å². The summed E-state index contributed by atoms with van der Waals surface area (Å²) < 4.78 is 41.8. The summed E-state index contributed by atoms with van der Waals surface area (Å²) in [6.45, 7) is 2.25. The van der Waals surface area contributed by atoms with Crippen molar-refractivity contribution in [2.75, 3.05) is 13.2 Å². The summed E-state index contributed by atoms with van der Waals surface area (Å²) in [5.74, 6) is 0.583. The highest BCUT2D eigenvalue weighted by Crippen LogP contribution is 2.35. The first-order valence-corrected chi connectivity index (χ1v) is 9.17. The van der Waals surface area contributed by atoms with Crippen molar-refractivity contribution in [3.63, 3.8) is 0 Å². The molecular formula is C15H19FN4O3S. The average Bonchev–Trinajstić information content (AvgIpc) is 3.15. The SMILES string of the molecule is Cc1nc([C@H]2CCCN2S(=O)(=O)c2ccc(F)cc2)n(CCO)n1. The van der Waals surface area contributed by atoms with Gasteiger partial charge < -0.3 is 5.11 Å². The Balaban J connectivity index is 1.97. The molecule has 0 radical (unpaired) electrons. The molecule has 1 atom stereocenters. The second-order valence-electron chi connectivity index (χ2n) is 5.69. The van der Waals surface area contributed by atoms with E-state index in [0.29, 0.717) is 31.0 Å². The van der Waals surface area contributed by atoms with Gasteiger partial charge in [0.05, 0.1) is 24.1 Å². The molecule has 1 N–H and O–H groups in total. The Kier molecular flexibility index (Phi) is 4.66. The van der Waals surface area contributed by atoms with Crippen molar-refractivity contribution >= 4 is 10.0 Å². The first-order chi connectivity index (χ1) is 11.4. The lowest BCUT2D eigenvalue weighted by atomic mass is 10.2. The number of hydrogen-bond donors (Lipinski definition) is 1. The van der Waals surface area contributed by atoms with Crippen LogP contribution < -0.4 is 0 Å². The van der Waals surface area contributed by atoms with Crippen molar-refractivity contribution in [3.05, 3.63) is 41.7 Å². The average molecular weight is 354 g/mol. The number of halogens is 1. The fourth-order valence-corrected chi connectivity index (χ4v) is 4.66. The molecule has 0 unspecified atom stereocenters. The maximum Gasteiger partial charge on any atom is 0.243 e. The fraction of sp³-hybridized carbons (Fsp3) is 0.467. The number of aromatic nitrogens is 3. The molecule has 1 aliphatic rings. The predicted octanol–water partition coefficient (Wildman–Crippen LogP) is 1.24. The Morgan fingerprint density at radius 3 is 2.71 bits per heavy atom. The highest BCUT2D eigenvalue weighted by molar-refractivity contribution is 7.89. The summed E-state index contributed by atoms with van der Waals surface area (Å²) in [7, 11) is -3.75. The van der Waals surface area contributed by atoms with E-state index in [2.05, 4.69) is 10.1 Å². The molecule has 1 aliphatic heterocycles. The second-order valence-corrected chi connectivity index (χ2v) is 7.58. The van der Waals surface area contributed by atoms with Crippen LogP contribution in [0.15, 0.2) is 29.2 Å². The van der Waals surface area contributed by atoms with Crippen LogP contribution in [-0.2, 0) is 16.6 Å². The zero-order valence-corrected chi connectivity index (χ0v) is 14.1. The quantitative estimate of drug-likeness (QED) is 0.873. The van der Waals surface area contributed by atoms with Crippen LogP contribution in [0.5, 0.6) is 0 Å². The highest BCUT2D eigenvalue weighted by atomic mass is 32.2. The van der Waals surface area contributed by atoms with Crippen LogP contribution in [0.3, 0.4) is 0 Å². The van der Waals surface area contributed by atoms with Crippen LogP contribution in [-0.4, -0.2) is 45.7 Å². The van der Waals surface area contributed by atoms with Gasteiger partial charge in [-0.1, -0.05) is 0 Å². The lowest BCUT2D eigenvalue weighted by Gasteiger charge is -2.23. The molecule has 2 heterocycles. The number of aryl methyl sites for hydroxylation is 1. The first-order valence-electron chi connectivity index (χ1n) is 7.73. The lowest BCUT2D eigenvalue weighted by molar-refractivity contribution is 0.261. The van der Waals surface area contributed by atoms with E-state index in [0.717, 1.165) is 12.1 Å². The van der Waals surface area contributed by atoms with Crippen LogP contribution in [0.2, 0.25) is 0 Å². The number of nitrogens with zero attached hydrogens (tertiary/aromatic N) is 4. The minimum absolute atomic E-state index is 0.0562. The summed E-state index contributed by atoms with van der Waals surface area (Å²) in [4.78, 5) is 4.41. The molecule has 2 aromatic rings. The number of rotatable bonds is 5. The molecule has 3 rings (SSSR count). The van der Waals surface area contributed by atoms with Crippen molar-refractivity contribution in [2.45, 2.75) is 37.2 Å². The first kappa shape index (κ1) is 17.0. The summed E-state index contributed by atoms with van der Waals surface area (Å²) in [6.07, 6.45) is 1.33. The van der Waals surface area contributed by atoms with E-state index in [-0.39, 0.29) is 18.0 Å². The second kappa shape index (κ2) is 6.58. The van der Waals surface area contributed by atoms with Gasteiger partial charge in [0, 0.05) is 6.54 Å². The number of benzene rings is 1. The maximum atomic E-state index is 13.1. The normalized spacial score (nSPS) is 19.0. The standard InChI is InChI=1S/C15H19FN4O3S/c1-11-17-15(19(18-11)9-10-21)14-3-2-8-20(14)24(22,23)13-6-4-12(16)5-7-13/h4-7,14,21H,2-3,8-10H2,1H3/t14-/m1/s1. The van der Waals surface area contributed by atoms with Gasteiger partial charge in [-0.3, -0.25) is 0 Å². The summed E-state index contributed by atoms with van der Waals surface area (Å²) >= 11 is 0. The largest absolute Gasteiger partial charge is 0.394 e. The molecule has 1 saturated heterocycles. The molecule has 24 heavy (non-hydrogen) atoms. The fourth-order valence-electron chi connectivity index (χ4n) is 3.01. The van der Waals surface area contributed by atoms with Crippen molar-refractivity contribution < 1.29 is 17.9 Å². The van der Waals surface area contributed by atoms with Gasteiger partial charge in [0.2, 0.25) is 10.0 Å². The van der Waals surface area contributed by atoms with E-state index in [1.54, 1.807) is 11.6 Å². The van der Waals surface area contributed by atoms with Gasteiger partial charge >= 0.3 is 0 Å². The topological polar surface area (TPSA) is 88.3 Å². The molecule has 1 aromatic heterocycles. The zero-order valence-electron chi connectivity index (χ0n) is 13.3. The third-order valence-electron chi connectivity index (χ3n) is 4.04. The molecular weight excluding hydrogens is 335 g/mol. The number of hydrogen-bond acceptors (Lipinski definition) is 5. The Labute approximate surface area is 139 Å². The molecule has 9 heteroatoms. The van der Waals surface area contributed by atoms with Crippen LogP contribution in [0.1, 0.15) is 30.5 Å². The van der Waals surface area contributed by atoms with Crippen molar-refractivity contribution in [2.24, 2.45) is 0 Å². The van der Waals surface area contributed by atoms with Crippen LogP contribution in [0.4, 0.5) is 4.39 Å². The van der Waals surface area contributed by atoms with Gasteiger partial charge in [-0.05, 0) is 44.0 Å². The van der Waals surface area contributed by atoms with E-state index < -0.39 is 21.9 Å².